The van der Waals surface area contributed by atoms with Gasteiger partial charge in [-0.2, -0.15) is 0 Å². The lowest BCUT2D eigenvalue weighted by Crippen LogP contribution is -2.22. The summed E-state index contributed by atoms with van der Waals surface area (Å²) in [6, 6.07) is 13.9. The van der Waals surface area contributed by atoms with Crippen LogP contribution in [0.1, 0.15) is 10.5 Å². The number of amides is 1. The molecule has 1 amide bonds. The molecule has 29 heavy (non-hydrogen) atoms. The van der Waals surface area contributed by atoms with Crippen LogP contribution >= 0.6 is 11.6 Å². The quantitative estimate of drug-likeness (QED) is 0.489. The molecule has 2 heterocycles. The molecule has 0 bridgehead atoms. The third-order valence-electron chi connectivity index (χ3n) is 4.56. The molecule has 4 aromatic rings. The Kier molecular flexibility index (Phi) is 4.90. The molecule has 0 spiro atoms. The maximum absolute atomic E-state index is 12.8. The second-order valence-electron chi connectivity index (χ2n) is 6.31. The molecule has 0 aliphatic carbocycles. The lowest BCUT2D eigenvalue weighted by molar-refractivity contribution is -0.116. The van der Waals surface area contributed by atoms with Gasteiger partial charge in [-0.1, -0.05) is 23.7 Å². The van der Waals surface area contributed by atoms with Gasteiger partial charge in [0.15, 0.2) is 5.58 Å². The van der Waals surface area contributed by atoms with Gasteiger partial charge in [0.2, 0.25) is 5.91 Å². The van der Waals surface area contributed by atoms with E-state index in [0.29, 0.717) is 33.1 Å². The average Bonchev–Trinajstić information content (AvgIpc) is 3.24. The molecular weight excluding hydrogens is 396 g/mol. The first-order valence-corrected chi connectivity index (χ1v) is 9.12. The van der Waals surface area contributed by atoms with E-state index in [1.54, 1.807) is 28.8 Å². The second-order valence-corrected chi connectivity index (χ2v) is 6.75. The normalized spacial score (nSPS) is 11.0. The first-order valence-electron chi connectivity index (χ1n) is 8.74. The summed E-state index contributed by atoms with van der Waals surface area (Å²) in [7, 11) is 2.79. The van der Waals surface area contributed by atoms with Gasteiger partial charge in [-0.05, 0) is 30.3 Å². The van der Waals surface area contributed by atoms with Gasteiger partial charge in [-0.3, -0.25) is 4.79 Å². The van der Waals surface area contributed by atoms with E-state index < -0.39 is 5.97 Å². The first kappa shape index (κ1) is 18.9. The highest BCUT2D eigenvalue weighted by molar-refractivity contribution is 6.31. The zero-order chi connectivity index (χ0) is 20.5. The summed E-state index contributed by atoms with van der Waals surface area (Å²) in [6.07, 6.45) is 0. The van der Waals surface area contributed by atoms with Gasteiger partial charge in [-0.15, -0.1) is 0 Å². The van der Waals surface area contributed by atoms with Crippen molar-refractivity contribution in [2.75, 3.05) is 19.5 Å². The highest BCUT2D eigenvalue weighted by Crippen LogP contribution is 2.32. The fourth-order valence-corrected chi connectivity index (χ4v) is 3.47. The summed E-state index contributed by atoms with van der Waals surface area (Å²) < 4.78 is 17.5. The molecule has 0 atom stereocenters. The molecule has 0 radical (unpaired) electrons. The summed E-state index contributed by atoms with van der Waals surface area (Å²) >= 11 is 6.03. The number of esters is 1. The predicted molar refractivity (Wildman–Crippen MR) is 110 cm³/mol. The molecule has 2 aromatic heterocycles. The Morgan fingerprint density at radius 1 is 1.10 bits per heavy atom. The minimum atomic E-state index is -0.561. The van der Waals surface area contributed by atoms with Crippen molar-refractivity contribution in [1.82, 2.24) is 4.57 Å². The average molecular weight is 413 g/mol. The van der Waals surface area contributed by atoms with Crippen LogP contribution in [0.15, 0.2) is 52.9 Å². The molecule has 0 saturated heterocycles. The van der Waals surface area contributed by atoms with Gasteiger partial charge in [0, 0.05) is 16.5 Å². The third-order valence-corrected chi connectivity index (χ3v) is 4.79. The largest absolute Gasteiger partial charge is 0.495 e. The molecule has 0 aliphatic heterocycles. The highest BCUT2D eigenvalue weighted by atomic mass is 35.5. The van der Waals surface area contributed by atoms with Crippen molar-refractivity contribution >= 4 is 51.2 Å². The number of anilines is 1. The molecule has 148 valence electrons. The topological polar surface area (TPSA) is 82.7 Å². The van der Waals surface area contributed by atoms with Crippen LogP contribution in [0.3, 0.4) is 0 Å². The van der Waals surface area contributed by atoms with Gasteiger partial charge < -0.3 is 23.8 Å². The number of para-hydroxylation sites is 1. The molecule has 1 N–H and O–H groups in total. The van der Waals surface area contributed by atoms with Crippen LogP contribution in [0, 0.1) is 0 Å². The fourth-order valence-electron chi connectivity index (χ4n) is 3.30. The van der Waals surface area contributed by atoms with E-state index in [1.807, 2.05) is 24.3 Å². The molecule has 2 aromatic carbocycles. The Morgan fingerprint density at radius 2 is 1.90 bits per heavy atom. The van der Waals surface area contributed by atoms with Crippen molar-refractivity contribution in [3.8, 4) is 5.75 Å². The van der Waals surface area contributed by atoms with Crippen molar-refractivity contribution in [2.24, 2.45) is 0 Å². The SMILES string of the molecule is COC(=O)c1cc2oc3ccccc3c2n1CC(=O)Nc1cc(Cl)ccc1OC. The Morgan fingerprint density at radius 3 is 2.66 bits per heavy atom. The summed E-state index contributed by atoms with van der Waals surface area (Å²) in [6.45, 7) is -0.132. The van der Waals surface area contributed by atoms with Crippen LogP contribution in [-0.4, -0.2) is 30.7 Å². The number of carbonyl (C=O) groups excluding carboxylic acids is 2. The van der Waals surface area contributed by atoms with E-state index in [9.17, 15) is 9.59 Å². The van der Waals surface area contributed by atoms with Gasteiger partial charge in [0.05, 0.1) is 25.4 Å². The lowest BCUT2D eigenvalue weighted by Gasteiger charge is -2.12. The van der Waals surface area contributed by atoms with Crippen molar-refractivity contribution in [1.29, 1.82) is 0 Å². The lowest BCUT2D eigenvalue weighted by atomic mass is 10.2. The smallest absolute Gasteiger partial charge is 0.354 e. The number of rotatable bonds is 5. The van der Waals surface area contributed by atoms with Crippen LogP contribution in [0.4, 0.5) is 5.69 Å². The Bertz CT molecular complexity index is 1240. The van der Waals surface area contributed by atoms with Crippen LogP contribution in [0.25, 0.3) is 22.1 Å². The van der Waals surface area contributed by atoms with Crippen molar-refractivity contribution < 1.29 is 23.5 Å². The molecule has 7 nitrogen and oxygen atoms in total. The second kappa shape index (κ2) is 7.52. The fraction of sp³-hybridized carbons (Fsp3) is 0.143. The third kappa shape index (κ3) is 3.40. The van der Waals surface area contributed by atoms with E-state index in [1.165, 1.54) is 14.2 Å². The zero-order valence-electron chi connectivity index (χ0n) is 15.7. The Labute approximate surface area is 170 Å². The van der Waals surface area contributed by atoms with E-state index in [-0.39, 0.29) is 18.1 Å². The van der Waals surface area contributed by atoms with E-state index in [2.05, 4.69) is 5.32 Å². The van der Waals surface area contributed by atoms with Crippen LogP contribution in [0.5, 0.6) is 5.75 Å². The van der Waals surface area contributed by atoms with Gasteiger partial charge in [0.1, 0.15) is 23.6 Å². The minimum Gasteiger partial charge on any atom is -0.495 e. The van der Waals surface area contributed by atoms with E-state index >= 15 is 0 Å². The molecule has 4 rings (SSSR count). The number of fused-ring (bicyclic) bond motifs is 3. The van der Waals surface area contributed by atoms with Crippen LogP contribution in [0.2, 0.25) is 5.02 Å². The maximum Gasteiger partial charge on any atom is 0.354 e. The zero-order valence-corrected chi connectivity index (χ0v) is 16.4. The Hall–Kier alpha value is -3.45. The summed E-state index contributed by atoms with van der Waals surface area (Å²) in [5.41, 5.74) is 2.47. The van der Waals surface area contributed by atoms with Crippen molar-refractivity contribution in [3.63, 3.8) is 0 Å². The summed E-state index contributed by atoms with van der Waals surface area (Å²) in [4.78, 5) is 25.1. The maximum atomic E-state index is 12.8. The predicted octanol–water partition coefficient (Wildman–Crippen LogP) is 4.47. The molecule has 0 saturated carbocycles. The first-order chi connectivity index (χ1) is 14.0. The summed E-state index contributed by atoms with van der Waals surface area (Å²) in [5.74, 6) is -0.450. The number of methoxy groups -OCH3 is 2. The van der Waals surface area contributed by atoms with Crippen molar-refractivity contribution in [3.05, 3.63) is 59.2 Å². The summed E-state index contributed by atoms with van der Waals surface area (Å²) in [5, 5.41) is 4.03. The van der Waals surface area contributed by atoms with E-state index in [4.69, 9.17) is 25.5 Å². The molecular formula is C21H17ClN2O5. The van der Waals surface area contributed by atoms with Gasteiger partial charge in [-0.25, -0.2) is 4.79 Å². The highest BCUT2D eigenvalue weighted by Gasteiger charge is 2.23. The molecule has 0 unspecified atom stereocenters. The number of halogens is 1. The monoisotopic (exact) mass is 412 g/mol. The van der Waals surface area contributed by atoms with Crippen molar-refractivity contribution in [2.45, 2.75) is 6.54 Å². The number of nitrogens with one attached hydrogen (secondary N) is 1. The number of furan rings is 1. The number of hydrogen-bond acceptors (Lipinski definition) is 5. The van der Waals surface area contributed by atoms with Gasteiger partial charge >= 0.3 is 5.97 Å². The number of ether oxygens (including phenoxy) is 2. The van der Waals surface area contributed by atoms with E-state index in [0.717, 1.165) is 5.39 Å². The van der Waals surface area contributed by atoms with Crippen LogP contribution in [-0.2, 0) is 16.1 Å². The number of benzene rings is 2. The van der Waals surface area contributed by atoms with Crippen LogP contribution < -0.4 is 10.1 Å². The van der Waals surface area contributed by atoms with Gasteiger partial charge in [0.25, 0.3) is 0 Å². The minimum absolute atomic E-state index is 0.132. The number of hydrogen-bond donors (Lipinski definition) is 1. The number of aromatic nitrogens is 1. The molecule has 0 aliphatic rings. The number of carbonyl (C=O) groups is 2. The Balaban J connectivity index is 1.75. The standard InChI is InChI=1S/C21H17ClN2O5/c1-27-17-8-7-12(22)9-14(17)23-19(25)11-24-15(21(26)28-2)10-18-20(24)13-5-3-4-6-16(13)29-18/h3-10H,11H2,1-2H3,(H,23,25). The molecule has 8 heteroatoms. The number of nitrogens with zero attached hydrogens (tertiary/aromatic N) is 1. The molecule has 0 fully saturated rings.